The monoisotopic (exact) mass is 226 g/mol. The molecular formula is C13H22O3. The van der Waals surface area contributed by atoms with Crippen molar-refractivity contribution in [3.63, 3.8) is 0 Å². The van der Waals surface area contributed by atoms with Crippen molar-refractivity contribution in [1.82, 2.24) is 0 Å². The Hall–Kier alpha value is -1.01. The van der Waals surface area contributed by atoms with Gasteiger partial charge in [-0.1, -0.05) is 38.0 Å². The second-order valence-corrected chi connectivity index (χ2v) is 3.74. The van der Waals surface area contributed by atoms with Gasteiger partial charge in [-0.25, -0.2) is 4.79 Å². The van der Waals surface area contributed by atoms with E-state index < -0.39 is 5.97 Å². The molecule has 0 aliphatic heterocycles. The summed E-state index contributed by atoms with van der Waals surface area (Å²) in [5.74, 6) is 4.75. The maximum absolute atomic E-state index is 10.6. The third-order valence-corrected chi connectivity index (χ3v) is 2.34. The molecule has 1 N–H and O–H groups in total. The number of hydrogen-bond acceptors (Lipinski definition) is 3. The molecule has 16 heavy (non-hydrogen) atoms. The average molecular weight is 226 g/mol. The summed E-state index contributed by atoms with van der Waals surface area (Å²) in [5, 5.41) is 8.58. The number of carbonyl (C=O) groups excluding carboxylic acids is 1. The molecule has 0 unspecified atom stereocenters. The summed E-state index contributed by atoms with van der Waals surface area (Å²) in [6.45, 7) is 0.309. The predicted octanol–water partition coefficient (Wildman–Crippen LogP) is 2.28. The molecule has 3 nitrogen and oxygen atoms in total. The minimum absolute atomic E-state index is 0.309. The summed E-state index contributed by atoms with van der Waals surface area (Å²) in [6, 6.07) is 0. The van der Waals surface area contributed by atoms with Crippen LogP contribution in [0.4, 0.5) is 0 Å². The highest BCUT2D eigenvalue weighted by Gasteiger charge is 1.91. The molecule has 0 bridgehead atoms. The average Bonchev–Trinajstić information content (AvgIpc) is 2.31. The largest absolute Gasteiger partial charge is 0.459 e. The van der Waals surface area contributed by atoms with E-state index in [-0.39, 0.29) is 0 Å². The van der Waals surface area contributed by atoms with Gasteiger partial charge >= 0.3 is 5.97 Å². The number of hydrogen-bond donors (Lipinski definition) is 1. The van der Waals surface area contributed by atoms with E-state index in [0.29, 0.717) is 6.61 Å². The maximum atomic E-state index is 10.6. The van der Waals surface area contributed by atoms with Crippen molar-refractivity contribution in [1.29, 1.82) is 0 Å². The molecule has 0 aliphatic carbocycles. The Morgan fingerprint density at radius 1 is 1.06 bits per heavy atom. The molecule has 0 radical (unpaired) electrons. The normalized spacial score (nSPS) is 9.38. The summed E-state index contributed by atoms with van der Waals surface area (Å²) < 4.78 is 4.40. The van der Waals surface area contributed by atoms with Crippen LogP contribution in [0.3, 0.4) is 0 Å². The lowest BCUT2D eigenvalue weighted by Crippen LogP contribution is -1.94. The minimum atomic E-state index is -0.455. The SMILES string of the molecule is COC(=O)C#CCCCCCCCCCO. The fourth-order valence-electron chi connectivity index (χ4n) is 1.39. The first kappa shape index (κ1) is 15.0. The first-order valence-electron chi connectivity index (χ1n) is 5.99. The summed E-state index contributed by atoms with van der Waals surface area (Å²) in [5.41, 5.74) is 0. The minimum Gasteiger partial charge on any atom is -0.459 e. The van der Waals surface area contributed by atoms with Crippen molar-refractivity contribution in [2.24, 2.45) is 0 Å². The lowest BCUT2D eigenvalue weighted by Gasteiger charge is -1.98. The van der Waals surface area contributed by atoms with Gasteiger partial charge in [0, 0.05) is 18.9 Å². The summed E-state index contributed by atoms with van der Waals surface area (Å²) in [7, 11) is 1.34. The molecule has 0 spiro atoms. The van der Waals surface area contributed by atoms with E-state index in [1.165, 1.54) is 26.4 Å². The van der Waals surface area contributed by atoms with Gasteiger partial charge in [0.15, 0.2) is 0 Å². The van der Waals surface area contributed by atoms with Crippen LogP contribution in [-0.4, -0.2) is 24.8 Å². The number of ether oxygens (including phenoxy) is 1. The molecule has 0 amide bonds. The molecule has 0 atom stereocenters. The molecule has 3 heteroatoms. The van der Waals surface area contributed by atoms with Crippen molar-refractivity contribution in [3.8, 4) is 11.8 Å². The number of rotatable bonds is 8. The van der Waals surface area contributed by atoms with Gasteiger partial charge in [0.25, 0.3) is 0 Å². The molecule has 0 heterocycles. The number of aliphatic hydroxyl groups excluding tert-OH is 1. The fraction of sp³-hybridized carbons (Fsp3) is 0.769. The summed E-state index contributed by atoms with van der Waals surface area (Å²) >= 11 is 0. The van der Waals surface area contributed by atoms with Crippen LogP contribution in [0.15, 0.2) is 0 Å². The number of esters is 1. The number of carbonyl (C=O) groups is 1. The van der Waals surface area contributed by atoms with Gasteiger partial charge in [0.2, 0.25) is 0 Å². The Balaban J connectivity index is 3.14. The predicted molar refractivity (Wildman–Crippen MR) is 63.8 cm³/mol. The Kier molecular flexibility index (Phi) is 11.3. The molecule has 0 aromatic carbocycles. The Bertz CT molecular complexity index is 225. The first-order valence-corrected chi connectivity index (χ1v) is 5.99. The van der Waals surface area contributed by atoms with E-state index in [1.807, 2.05) is 0 Å². The zero-order valence-electron chi connectivity index (χ0n) is 10.1. The van der Waals surface area contributed by atoms with Crippen molar-refractivity contribution < 1.29 is 14.6 Å². The van der Waals surface area contributed by atoms with Crippen molar-refractivity contribution in [2.45, 2.75) is 51.4 Å². The first-order chi connectivity index (χ1) is 7.81. The zero-order valence-corrected chi connectivity index (χ0v) is 10.1. The van der Waals surface area contributed by atoms with Crippen LogP contribution in [0.1, 0.15) is 51.4 Å². The maximum Gasteiger partial charge on any atom is 0.384 e. The molecule has 0 rings (SSSR count). The number of unbranched alkanes of at least 4 members (excludes halogenated alkanes) is 7. The fourth-order valence-corrected chi connectivity index (χ4v) is 1.39. The molecule has 0 aromatic heterocycles. The Morgan fingerprint density at radius 2 is 1.62 bits per heavy atom. The van der Waals surface area contributed by atoms with Crippen LogP contribution in [0, 0.1) is 11.8 Å². The van der Waals surface area contributed by atoms with E-state index in [9.17, 15) is 4.79 Å². The van der Waals surface area contributed by atoms with Gasteiger partial charge in [-0.05, 0) is 12.8 Å². The van der Waals surface area contributed by atoms with Crippen LogP contribution in [-0.2, 0) is 9.53 Å². The third kappa shape index (κ3) is 11.1. The second kappa shape index (κ2) is 12.1. The highest BCUT2D eigenvalue weighted by molar-refractivity contribution is 5.88. The molecule has 0 saturated heterocycles. The highest BCUT2D eigenvalue weighted by Crippen LogP contribution is 2.07. The van der Waals surface area contributed by atoms with Crippen molar-refractivity contribution in [2.75, 3.05) is 13.7 Å². The Morgan fingerprint density at radius 3 is 2.19 bits per heavy atom. The van der Waals surface area contributed by atoms with Crippen molar-refractivity contribution in [3.05, 3.63) is 0 Å². The zero-order chi connectivity index (χ0) is 12.1. The quantitative estimate of drug-likeness (QED) is 0.299. The highest BCUT2D eigenvalue weighted by atomic mass is 16.5. The lowest BCUT2D eigenvalue weighted by molar-refractivity contribution is -0.133. The molecular weight excluding hydrogens is 204 g/mol. The molecule has 0 saturated carbocycles. The van der Waals surface area contributed by atoms with Gasteiger partial charge in [-0.15, -0.1) is 0 Å². The van der Waals surface area contributed by atoms with Crippen LogP contribution >= 0.6 is 0 Å². The number of aliphatic hydroxyl groups is 1. The van der Waals surface area contributed by atoms with Gasteiger partial charge < -0.3 is 9.84 Å². The van der Waals surface area contributed by atoms with E-state index >= 15 is 0 Å². The van der Waals surface area contributed by atoms with Gasteiger partial charge in [-0.3, -0.25) is 0 Å². The van der Waals surface area contributed by atoms with Gasteiger partial charge in [0.1, 0.15) is 0 Å². The molecule has 0 aliphatic rings. The standard InChI is InChI=1S/C13H22O3/c1-16-13(15)11-9-7-5-3-2-4-6-8-10-12-14/h14H,2-8,10,12H2,1H3. The van der Waals surface area contributed by atoms with E-state index in [2.05, 4.69) is 16.6 Å². The van der Waals surface area contributed by atoms with Crippen LogP contribution in [0.25, 0.3) is 0 Å². The second-order valence-electron chi connectivity index (χ2n) is 3.74. The van der Waals surface area contributed by atoms with Crippen molar-refractivity contribution >= 4 is 5.97 Å². The van der Waals surface area contributed by atoms with Crippen LogP contribution in [0.5, 0.6) is 0 Å². The van der Waals surface area contributed by atoms with Gasteiger partial charge in [-0.2, -0.15) is 0 Å². The van der Waals surface area contributed by atoms with Gasteiger partial charge in [0.05, 0.1) is 7.11 Å². The Labute approximate surface area is 98.2 Å². The van der Waals surface area contributed by atoms with E-state index in [4.69, 9.17) is 5.11 Å². The molecule has 92 valence electrons. The van der Waals surface area contributed by atoms with E-state index in [1.54, 1.807) is 0 Å². The molecule has 0 fully saturated rings. The lowest BCUT2D eigenvalue weighted by atomic mass is 10.1. The summed E-state index contributed by atoms with van der Waals surface area (Å²) in [6.07, 6.45) is 8.66. The summed E-state index contributed by atoms with van der Waals surface area (Å²) in [4.78, 5) is 10.6. The van der Waals surface area contributed by atoms with Crippen LogP contribution < -0.4 is 0 Å². The van der Waals surface area contributed by atoms with Crippen LogP contribution in [0.2, 0.25) is 0 Å². The topological polar surface area (TPSA) is 46.5 Å². The van der Waals surface area contributed by atoms with E-state index in [0.717, 1.165) is 32.1 Å². The third-order valence-electron chi connectivity index (χ3n) is 2.34. The number of methoxy groups -OCH3 is 1. The molecule has 0 aromatic rings. The smallest absolute Gasteiger partial charge is 0.384 e.